The smallest absolute Gasteiger partial charge is 0.392 e. The molecule has 2 rings (SSSR count). The van der Waals surface area contributed by atoms with Crippen LogP contribution in [-0.2, 0) is 0 Å². The quantitative estimate of drug-likeness (QED) is 0.744. The van der Waals surface area contributed by atoms with Crippen LogP contribution in [0.25, 0.3) is 0 Å². The molecule has 18 heavy (non-hydrogen) atoms. The zero-order valence-corrected chi connectivity index (χ0v) is 11.1. The number of furan rings is 1. The van der Waals surface area contributed by atoms with Crippen LogP contribution in [0.1, 0.15) is 36.2 Å². The molecule has 0 N–H and O–H groups in total. The average molecular weight is 325 g/mol. The second kappa shape index (κ2) is 5.07. The molecule has 6 heteroatoms. The van der Waals surface area contributed by atoms with Gasteiger partial charge < -0.3 is 4.42 Å². The van der Waals surface area contributed by atoms with Crippen molar-refractivity contribution in [1.29, 1.82) is 0 Å². The summed E-state index contributed by atoms with van der Waals surface area (Å²) in [5.74, 6) is -3.11. The van der Waals surface area contributed by atoms with Crippen molar-refractivity contribution in [2.45, 2.75) is 31.9 Å². The Morgan fingerprint density at radius 2 is 2.00 bits per heavy atom. The average Bonchev–Trinajstić information content (AvgIpc) is 2.73. The summed E-state index contributed by atoms with van der Waals surface area (Å²) in [4.78, 5) is 12.1. The fourth-order valence-corrected chi connectivity index (χ4v) is 2.87. The van der Waals surface area contributed by atoms with E-state index in [-0.39, 0.29) is 18.6 Å². The first-order valence-electron chi connectivity index (χ1n) is 5.75. The van der Waals surface area contributed by atoms with Gasteiger partial charge >= 0.3 is 6.18 Å². The minimum atomic E-state index is -4.32. The lowest BCUT2D eigenvalue weighted by Crippen LogP contribution is -2.37. The monoisotopic (exact) mass is 324 g/mol. The largest absolute Gasteiger partial charge is 0.460 e. The zero-order valence-electron chi connectivity index (χ0n) is 9.47. The number of alkyl halides is 3. The molecular formula is C12H12BrF3O2. The zero-order chi connectivity index (χ0) is 13.3. The summed E-state index contributed by atoms with van der Waals surface area (Å²) in [6.45, 7) is 0. The molecule has 1 aromatic heterocycles. The van der Waals surface area contributed by atoms with Gasteiger partial charge in [0, 0.05) is 5.92 Å². The molecule has 1 aromatic rings. The van der Waals surface area contributed by atoms with Crippen LogP contribution in [0.2, 0.25) is 0 Å². The van der Waals surface area contributed by atoms with E-state index in [0.29, 0.717) is 17.3 Å². The van der Waals surface area contributed by atoms with Gasteiger partial charge in [0.2, 0.25) is 5.78 Å². The van der Waals surface area contributed by atoms with Crippen molar-refractivity contribution in [2.75, 3.05) is 0 Å². The Morgan fingerprint density at radius 3 is 2.56 bits per heavy atom. The third-order valence-electron chi connectivity index (χ3n) is 3.36. The number of rotatable bonds is 2. The lowest BCUT2D eigenvalue weighted by atomic mass is 9.76. The number of hydrogen-bond donors (Lipinski definition) is 0. The van der Waals surface area contributed by atoms with E-state index in [4.69, 9.17) is 4.42 Å². The van der Waals surface area contributed by atoms with E-state index < -0.39 is 23.8 Å². The predicted octanol–water partition coefficient (Wildman–Crippen LogP) is 4.59. The summed E-state index contributed by atoms with van der Waals surface area (Å²) in [6.07, 6.45) is -1.55. The van der Waals surface area contributed by atoms with Crippen molar-refractivity contribution in [3.05, 3.63) is 22.6 Å². The Bertz CT molecular complexity index is 439. The van der Waals surface area contributed by atoms with E-state index in [1.807, 2.05) is 0 Å². The fraction of sp³-hybridized carbons (Fsp3) is 0.583. The van der Waals surface area contributed by atoms with Crippen LogP contribution >= 0.6 is 15.9 Å². The molecule has 0 radical (unpaired) electrons. The molecule has 0 aliphatic heterocycles. The molecule has 0 amide bonds. The van der Waals surface area contributed by atoms with Crippen molar-refractivity contribution < 1.29 is 22.4 Å². The van der Waals surface area contributed by atoms with Crippen LogP contribution < -0.4 is 0 Å². The number of carbonyl (C=O) groups excluding carboxylic acids is 1. The van der Waals surface area contributed by atoms with Crippen LogP contribution in [-0.4, -0.2) is 12.0 Å². The third kappa shape index (κ3) is 2.63. The molecule has 0 bridgehead atoms. The lowest BCUT2D eigenvalue weighted by Gasteiger charge is -2.31. The van der Waals surface area contributed by atoms with Crippen molar-refractivity contribution in [3.63, 3.8) is 0 Å². The van der Waals surface area contributed by atoms with Crippen LogP contribution in [0.5, 0.6) is 0 Å². The van der Waals surface area contributed by atoms with Gasteiger partial charge in [-0.15, -0.1) is 0 Å². The summed E-state index contributed by atoms with van der Waals surface area (Å²) in [5.41, 5.74) is 0. The summed E-state index contributed by atoms with van der Waals surface area (Å²) < 4.78 is 44.1. The van der Waals surface area contributed by atoms with Crippen molar-refractivity contribution in [2.24, 2.45) is 11.8 Å². The topological polar surface area (TPSA) is 30.2 Å². The third-order valence-corrected chi connectivity index (χ3v) is 3.99. The van der Waals surface area contributed by atoms with Crippen molar-refractivity contribution >= 4 is 21.7 Å². The number of carbonyl (C=O) groups is 1. The van der Waals surface area contributed by atoms with E-state index >= 15 is 0 Å². The van der Waals surface area contributed by atoms with E-state index in [0.717, 1.165) is 0 Å². The Kier molecular flexibility index (Phi) is 3.84. The first-order chi connectivity index (χ1) is 8.41. The van der Waals surface area contributed by atoms with Crippen LogP contribution in [0, 0.1) is 11.8 Å². The summed E-state index contributed by atoms with van der Waals surface area (Å²) in [6, 6.07) is 1.51. The molecule has 0 aromatic carbocycles. The van der Waals surface area contributed by atoms with E-state index in [2.05, 4.69) is 15.9 Å². The number of Topliss-reactive ketones (excluding diaryl/α,β-unsaturated/α-hetero) is 1. The Balaban J connectivity index is 2.25. The number of halogens is 4. The fourth-order valence-electron chi connectivity index (χ4n) is 2.47. The summed E-state index contributed by atoms with van der Waals surface area (Å²) >= 11 is 3.11. The Morgan fingerprint density at radius 1 is 1.33 bits per heavy atom. The molecule has 2 nitrogen and oxygen atoms in total. The maximum atomic E-state index is 12.9. The highest BCUT2D eigenvalue weighted by molar-refractivity contribution is 9.10. The van der Waals surface area contributed by atoms with Gasteiger partial charge in [0.15, 0.2) is 5.76 Å². The van der Waals surface area contributed by atoms with Gasteiger partial charge in [-0.2, -0.15) is 13.2 Å². The molecular weight excluding hydrogens is 313 g/mol. The first-order valence-corrected chi connectivity index (χ1v) is 6.54. The molecule has 0 saturated heterocycles. The minimum Gasteiger partial charge on any atom is -0.460 e. The normalized spacial score (nSPS) is 25.1. The van der Waals surface area contributed by atoms with Crippen LogP contribution in [0.3, 0.4) is 0 Å². The number of hydrogen-bond acceptors (Lipinski definition) is 2. The Labute approximate surface area is 111 Å². The maximum Gasteiger partial charge on any atom is 0.392 e. The van der Waals surface area contributed by atoms with E-state index in [1.54, 1.807) is 0 Å². The van der Waals surface area contributed by atoms with Gasteiger partial charge in [-0.1, -0.05) is 12.8 Å². The van der Waals surface area contributed by atoms with Gasteiger partial charge in [-0.05, 0) is 34.8 Å². The van der Waals surface area contributed by atoms with Crippen molar-refractivity contribution in [3.8, 4) is 0 Å². The van der Waals surface area contributed by atoms with Crippen LogP contribution in [0.4, 0.5) is 13.2 Å². The Hall–Kier alpha value is -0.780. The highest BCUT2D eigenvalue weighted by atomic mass is 79.9. The molecule has 2 unspecified atom stereocenters. The van der Waals surface area contributed by atoms with Crippen molar-refractivity contribution in [1.82, 2.24) is 0 Å². The molecule has 1 aliphatic carbocycles. The van der Waals surface area contributed by atoms with E-state index in [1.165, 1.54) is 12.3 Å². The molecule has 2 atom stereocenters. The minimum absolute atomic E-state index is 0.00356. The molecule has 0 spiro atoms. The second-order valence-electron chi connectivity index (χ2n) is 4.50. The summed E-state index contributed by atoms with van der Waals surface area (Å²) in [7, 11) is 0. The number of ketones is 1. The predicted molar refractivity (Wildman–Crippen MR) is 62.2 cm³/mol. The van der Waals surface area contributed by atoms with Gasteiger partial charge in [0.25, 0.3) is 0 Å². The van der Waals surface area contributed by atoms with Gasteiger partial charge in [-0.25, -0.2) is 0 Å². The van der Waals surface area contributed by atoms with Gasteiger partial charge in [0.1, 0.15) is 0 Å². The molecule has 100 valence electrons. The molecule has 1 aliphatic rings. The van der Waals surface area contributed by atoms with E-state index in [9.17, 15) is 18.0 Å². The standard InChI is InChI=1S/C12H12BrF3O2/c13-9-5-6-18-11(9)10(17)7-3-1-2-4-8(7)12(14,15)16/h5-8H,1-4H2. The SMILES string of the molecule is O=C(c1occc1Br)C1CCCCC1C(F)(F)F. The van der Waals surface area contributed by atoms with Gasteiger partial charge in [0.05, 0.1) is 16.7 Å². The molecule has 1 fully saturated rings. The van der Waals surface area contributed by atoms with Crippen LogP contribution in [0.15, 0.2) is 21.2 Å². The summed E-state index contributed by atoms with van der Waals surface area (Å²) in [5, 5.41) is 0. The molecule has 1 heterocycles. The second-order valence-corrected chi connectivity index (χ2v) is 5.36. The van der Waals surface area contributed by atoms with Gasteiger partial charge in [-0.3, -0.25) is 4.79 Å². The highest BCUT2D eigenvalue weighted by Crippen LogP contribution is 2.43. The first kappa shape index (κ1) is 13.6. The molecule has 1 saturated carbocycles. The lowest BCUT2D eigenvalue weighted by molar-refractivity contribution is -0.191. The maximum absolute atomic E-state index is 12.9. The highest BCUT2D eigenvalue weighted by Gasteiger charge is 2.48.